The van der Waals surface area contributed by atoms with Crippen molar-refractivity contribution in [1.82, 2.24) is 19.8 Å². The number of ether oxygens (including phenoxy) is 1. The average Bonchev–Trinajstić information content (AvgIpc) is 2.99. The van der Waals surface area contributed by atoms with E-state index in [-0.39, 0.29) is 0 Å². The van der Waals surface area contributed by atoms with Gasteiger partial charge in [-0.2, -0.15) is 4.98 Å². The molecule has 0 aromatic carbocycles. The van der Waals surface area contributed by atoms with Crippen molar-refractivity contribution in [2.45, 2.75) is 13.3 Å². The molecule has 2 aliphatic heterocycles. The molecule has 2 aliphatic rings. The van der Waals surface area contributed by atoms with Crippen molar-refractivity contribution >= 4 is 5.95 Å². The molecule has 3 rings (SSSR count). The first-order valence-corrected chi connectivity index (χ1v) is 8.31. The highest BCUT2D eigenvalue weighted by molar-refractivity contribution is 5.32. The lowest BCUT2D eigenvalue weighted by Crippen LogP contribution is -2.48. The van der Waals surface area contributed by atoms with Gasteiger partial charge in [-0.3, -0.25) is 4.90 Å². The lowest BCUT2D eigenvalue weighted by atomic mass is 10.2. The van der Waals surface area contributed by atoms with Crippen LogP contribution in [0.4, 0.5) is 5.95 Å². The molecule has 2 saturated heterocycles. The maximum absolute atomic E-state index is 5.18. The predicted molar refractivity (Wildman–Crippen MR) is 87.5 cm³/mol. The van der Waals surface area contributed by atoms with Crippen molar-refractivity contribution in [1.29, 1.82) is 0 Å². The van der Waals surface area contributed by atoms with E-state index in [1.165, 1.54) is 32.6 Å². The van der Waals surface area contributed by atoms with Crippen LogP contribution in [0.25, 0.3) is 0 Å². The summed E-state index contributed by atoms with van der Waals surface area (Å²) in [5, 5.41) is 0. The van der Waals surface area contributed by atoms with Gasteiger partial charge in [0.1, 0.15) is 0 Å². The minimum Gasteiger partial charge on any atom is -0.481 e. The van der Waals surface area contributed by atoms with Crippen LogP contribution in [0.1, 0.15) is 13.3 Å². The Bertz CT molecular complexity index is 475. The Hall–Kier alpha value is -1.40. The van der Waals surface area contributed by atoms with Crippen LogP contribution >= 0.6 is 0 Å². The van der Waals surface area contributed by atoms with Crippen molar-refractivity contribution < 1.29 is 4.74 Å². The summed E-state index contributed by atoms with van der Waals surface area (Å²) in [4.78, 5) is 16.2. The third kappa shape index (κ3) is 3.87. The summed E-state index contributed by atoms with van der Waals surface area (Å²) in [5.74, 6) is 2.30. The van der Waals surface area contributed by atoms with Crippen LogP contribution in [-0.2, 0) is 0 Å². The largest absolute Gasteiger partial charge is 0.481 e. The van der Waals surface area contributed by atoms with E-state index in [4.69, 9.17) is 4.74 Å². The Morgan fingerprint density at radius 2 is 1.91 bits per heavy atom. The highest BCUT2D eigenvalue weighted by Crippen LogP contribution is 2.16. The first kappa shape index (κ1) is 15.5. The minimum atomic E-state index is 0.635. The zero-order chi connectivity index (χ0) is 15.4. The second-order valence-electron chi connectivity index (χ2n) is 6.42. The monoisotopic (exact) mass is 305 g/mol. The molecule has 2 fully saturated rings. The summed E-state index contributed by atoms with van der Waals surface area (Å²) in [5.41, 5.74) is 0. The Labute approximate surface area is 133 Å². The van der Waals surface area contributed by atoms with Crippen molar-refractivity contribution in [2.75, 3.05) is 64.4 Å². The normalized spacial score (nSPS) is 23.9. The van der Waals surface area contributed by atoms with Gasteiger partial charge in [-0.25, -0.2) is 4.98 Å². The molecule has 0 N–H and O–H groups in total. The number of nitrogens with zero attached hydrogens (tertiary/aromatic N) is 5. The number of hydrogen-bond acceptors (Lipinski definition) is 6. The zero-order valence-electron chi connectivity index (χ0n) is 13.7. The average molecular weight is 305 g/mol. The van der Waals surface area contributed by atoms with Crippen LogP contribution in [0.3, 0.4) is 0 Å². The van der Waals surface area contributed by atoms with Gasteiger partial charge < -0.3 is 14.5 Å². The van der Waals surface area contributed by atoms with Crippen molar-refractivity contribution in [3.8, 4) is 5.88 Å². The van der Waals surface area contributed by atoms with E-state index in [1.807, 2.05) is 0 Å². The number of hydrogen-bond donors (Lipinski definition) is 0. The number of methoxy groups -OCH3 is 1. The summed E-state index contributed by atoms with van der Waals surface area (Å²) in [6.45, 7) is 11.4. The molecule has 6 heteroatoms. The van der Waals surface area contributed by atoms with Crippen LogP contribution in [0.15, 0.2) is 12.3 Å². The van der Waals surface area contributed by atoms with Crippen molar-refractivity contribution in [3.63, 3.8) is 0 Å². The third-order valence-electron chi connectivity index (χ3n) is 4.72. The van der Waals surface area contributed by atoms with Crippen molar-refractivity contribution in [3.05, 3.63) is 12.3 Å². The fourth-order valence-electron chi connectivity index (χ4n) is 3.28. The molecule has 122 valence electrons. The summed E-state index contributed by atoms with van der Waals surface area (Å²) >= 11 is 0. The van der Waals surface area contributed by atoms with E-state index in [1.54, 1.807) is 19.4 Å². The van der Waals surface area contributed by atoms with Gasteiger partial charge in [0.2, 0.25) is 11.8 Å². The Morgan fingerprint density at radius 3 is 2.59 bits per heavy atom. The lowest BCUT2D eigenvalue weighted by molar-refractivity contribution is 0.212. The lowest BCUT2D eigenvalue weighted by Gasteiger charge is -2.35. The molecule has 0 radical (unpaired) electrons. The number of piperazine rings is 1. The van der Waals surface area contributed by atoms with Gasteiger partial charge in [-0.05, 0) is 18.9 Å². The molecule has 0 aliphatic carbocycles. The molecule has 0 amide bonds. The van der Waals surface area contributed by atoms with Crippen LogP contribution in [0, 0.1) is 5.92 Å². The van der Waals surface area contributed by atoms with Gasteiger partial charge >= 0.3 is 0 Å². The van der Waals surface area contributed by atoms with Gasteiger partial charge in [-0.15, -0.1) is 0 Å². The number of rotatable bonds is 5. The maximum Gasteiger partial charge on any atom is 0.228 e. The molecule has 0 saturated carbocycles. The second kappa shape index (κ2) is 7.24. The molecule has 1 aromatic heterocycles. The minimum absolute atomic E-state index is 0.635. The quantitative estimate of drug-likeness (QED) is 0.807. The van der Waals surface area contributed by atoms with E-state index in [9.17, 15) is 0 Å². The summed E-state index contributed by atoms with van der Waals surface area (Å²) in [7, 11) is 1.64. The van der Waals surface area contributed by atoms with E-state index >= 15 is 0 Å². The molecular weight excluding hydrogens is 278 g/mol. The smallest absolute Gasteiger partial charge is 0.228 e. The second-order valence-corrected chi connectivity index (χ2v) is 6.42. The molecule has 0 spiro atoms. The van der Waals surface area contributed by atoms with E-state index in [0.29, 0.717) is 5.88 Å². The molecule has 22 heavy (non-hydrogen) atoms. The van der Waals surface area contributed by atoms with Crippen molar-refractivity contribution in [2.24, 2.45) is 5.92 Å². The Balaban J connectivity index is 1.44. The summed E-state index contributed by atoms with van der Waals surface area (Å²) in [6.07, 6.45) is 3.13. The highest BCUT2D eigenvalue weighted by atomic mass is 16.5. The standard InChI is InChI=1S/C16H27N5O/c1-14-4-6-20(13-14)8-7-19-9-11-21(12-10-19)16-17-5-3-15(18-16)22-2/h3,5,14H,4,6-13H2,1-2H3. The molecule has 3 heterocycles. The third-order valence-corrected chi connectivity index (χ3v) is 4.72. The van der Waals surface area contributed by atoms with Gasteiger partial charge in [0.25, 0.3) is 0 Å². The maximum atomic E-state index is 5.18. The molecule has 1 atom stereocenters. The Morgan fingerprint density at radius 1 is 1.14 bits per heavy atom. The Kier molecular flexibility index (Phi) is 5.10. The molecule has 1 unspecified atom stereocenters. The SMILES string of the molecule is COc1ccnc(N2CCN(CCN3CCC(C)C3)CC2)n1. The van der Waals surface area contributed by atoms with Gasteiger partial charge in [-0.1, -0.05) is 6.92 Å². The first-order valence-electron chi connectivity index (χ1n) is 8.31. The van der Waals surface area contributed by atoms with Gasteiger partial charge in [0.05, 0.1) is 7.11 Å². The summed E-state index contributed by atoms with van der Waals surface area (Å²) < 4.78 is 5.18. The first-order chi connectivity index (χ1) is 10.7. The van der Waals surface area contributed by atoms with Crippen LogP contribution < -0.4 is 9.64 Å². The van der Waals surface area contributed by atoms with Gasteiger partial charge in [0.15, 0.2) is 0 Å². The van der Waals surface area contributed by atoms with E-state index in [0.717, 1.165) is 38.0 Å². The fraction of sp³-hybridized carbons (Fsp3) is 0.750. The molecule has 1 aromatic rings. The molecular formula is C16H27N5O. The fourth-order valence-corrected chi connectivity index (χ4v) is 3.28. The number of likely N-dealkylation sites (tertiary alicyclic amines) is 1. The van der Waals surface area contributed by atoms with Crippen LogP contribution in [0.2, 0.25) is 0 Å². The predicted octanol–water partition coefficient (Wildman–Crippen LogP) is 0.949. The topological polar surface area (TPSA) is 44.7 Å². The number of anilines is 1. The molecule has 0 bridgehead atoms. The van der Waals surface area contributed by atoms with Gasteiger partial charge in [0, 0.05) is 58.1 Å². The van der Waals surface area contributed by atoms with Crippen LogP contribution in [-0.4, -0.2) is 79.2 Å². The molecule has 6 nitrogen and oxygen atoms in total. The summed E-state index contributed by atoms with van der Waals surface area (Å²) in [6, 6.07) is 1.79. The highest BCUT2D eigenvalue weighted by Gasteiger charge is 2.22. The van der Waals surface area contributed by atoms with E-state index in [2.05, 4.69) is 31.6 Å². The van der Waals surface area contributed by atoms with E-state index < -0.39 is 0 Å². The zero-order valence-corrected chi connectivity index (χ0v) is 13.7. The number of aromatic nitrogens is 2. The van der Waals surface area contributed by atoms with Crippen LogP contribution in [0.5, 0.6) is 5.88 Å².